The summed E-state index contributed by atoms with van der Waals surface area (Å²) in [5.74, 6) is -2.42. The van der Waals surface area contributed by atoms with Crippen molar-refractivity contribution in [3.8, 4) is 5.75 Å². The fourth-order valence-corrected chi connectivity index (χ4v) is 5.88. The molecule has 2 aromatic rings. The number of carbonyl (C=O) groups is 2. The first-order valence-corrected chi connectivity index (χ1v) is 10.8. The van der Waals surface area contributed by atoms with Crippen LogP contribution in [-0.4, -0.2) is 44.7 Å². The number of nitrogens with one attached hydrogen (secondary N) is 1. The smallest absolute Gasteiger partial charge is 0.276 e. The fourth-order valence-electron chi connectivity index (χ4n) is 2.87. The number of halogens is 2. The van der Waals surface area contributed by atoms with Crippen molar-refractivity contribution >= 4 is 44.8 Å². The molecule has 1 aliphatic rings. The zero-order valence-electron chi connectivity index (χ0n) is 14.6. The molecule has 150 valence electrons. The summed E-state index contributed by atoms with van der Waals surface area (Å²) in [6.45, 7) is -0.706. The van der Waals surface area contributed by atoms with E-state index in [1.165, 1.54) is 37.4 Å². The van der Waals surface area contributed by atoms with Crippen molar-refractivity contribution in [1.29, 1.82) is 0 Å². The summed E-state index contributed by atoms with van der Waals surface area (Å²) in [6, 6.07) is 6.54. The minimum Gasteiger partial charge on any atom is -0.496 e. The van der Waals surface area contributed by atoms with E-state index in [0.29, 0.717) is 15.6 Å². The monoisotopic (exact) mass is 446 g/mol. The summed E-state index contributed by atoms with van der Waals surface area (Å²) in [6.07, 6.45) is -0.00271. The van der Waals surface area contributed by atoms with Gasteiger partial charge in [-0.1, -0.05) is 11.6 Å². The lowest BCUT2D eigenvalue weighted by molar-refractivity contribution is -0.131. The number of benzene rings is 1. The van der Waals surface area contributed by atoms with Gasteiger partial charge in [-0.3, -0.25) is 9.59 Å². The van der Waals surface area contributed by atoms with Gasteiger partial charge in [0, 0.05) is 6.54 Å². The number of rotatable bonds is 5. The molecule has 1 unspecified atom stereocenters. The van der Waals surface area contributed by atoms with Crippen molar-refractivity contribution in [3.05, 3.63) is 46.0 Å². The molecule has 3 rings (SSSR count). The Labute approximate surface area is 170 Å². The van der Waals surface area contributed by atoms with Crippen LogP contribution in [0, 0.1) is 11.7 Å². The lowest BCUT2D eigenvalue weighted by Gasteiger charge is -2.22. The number of thiophene rings is 1. The number of carbonyl (C=O) groups excluding carboxylic acids is 2. The first kappa shape index (κ1) is 20.6. The molecule has 7 nitrogen and oxygen atoms in total. The summed E-state index contributed by atoms with van der Waals surface area (Å²) in [5.41, 5.74) is 0.397. The van der Waals surface area contributed by atoms with E-state index in [1.807, 2.05) is 0 Å². The first-order chi connectivity index (χ1) is 13.2. The maximum Gasteiger partial charge on any atom is 0.276 e. The summed E-state index contributed by atoms with van der Waals surface area (Å²) < 4.78 is 45.2. The molecule has 2 heterocycles. The summed E-state index contributed by atoms with van der Waals surface area (Å²) >= 11 is 6.60. The van der Waals surface area contributed by atoms with Gasteiger partial charge in [-0.2, -0.15) is 0 Å². The Morgan fingerprint density at radius 2 is 2.07 bits per heavy atom. The third-order valence-corrected chi connectivity index (χ3v) is 7.67. The molecular formula is C17H16ClFN2O5S2. The largest absolute Gasteiger partial charge is 0.496 e. The number of nitrogens with zero attached hydrogens (tertiary/aromatic N) is 1. The van der Waals surface area contributed by atoms with Crippen LogP contribution in [0.3, 0.4) is 0 Å². The molecule has 28 heavy (non-hydrogen) atoms. The normalized spacial score (nSPS) is 18.0. The molecule has 11 heteroatoms. The molecule has 1 aromatic heterocycles. The van der Waals surface area contributed by atoms with Crippen LogP contribution in [0.4, 0.5) is 4.39 Å². The Bertz CT molecular complexity index is 1020. The zero-order valence-corrected chi connectivity index (χ0v) is 17.0. The van der Waals surface area contributed by atoms with E-state index in [2.05, 4.69) is 5.32 Å². The molecule has 2 amide bonds. The highest BCUT2D eigenvalue weighted by atomic mass is 35.5. The van der Waals surface area contributed by atoms with Crippen LogP contribution >= 0.6 is 22.9 Å². The van der Waals surface area contributed by atoms with Gasteiger partial charge < -0.3 is 10.1 Å². The predicted octanol–water partition coefficient (Wildman–Crippen LogP) is 2.06. The molecule has 1 atom stereocenters. The van der Waals surface area contributed by atoms with Gasteiger partial charge in [-0.15, -0.1) is 11.3 Å². The Morgan fingerprint density at radius 3 is 2.71 bits per heavy atom. The van der Waals surface area contributed by atoms with E-state index >= 15 is 0 Å². The highest BCUT2D eigenvalue weighted by Gasteiger charge is 2.39. The first-order valence-electron chi connectivity index (χ1n) is 8.13. The quantitative estimate of drug-likeness (QED) is 0.758. The van der Waals surface area contributed by atoms with Crippen molar-refractivity contribution in [2.75, 3.05) is 20.2 Å². The van der Waals surface area contributed by atoms with Crippen molar-refractivity contribution in [2.45, 2.75) is 10.6 Å². The Balaban J connectivity index is 1.95. The van der Waals surface area contributed by atoms with Crippen LogP contribution in [-0.2, 0) is 26.0 Å². The predicted molar refractivity (Wildman–Crippen MR) is 101 cm³/mol. The average Bonchev–Trinajstić information content (AvgIpc) is 3.04. The second-order valence-corrected chi connectivity index (χ2v) is 9.87. The highest BCUT2D eigenvalue weighted by molar-refractivity contribution is 7.91. The Hall–Kier alpha value is -2.17. The molecule has 0 bridgehead atoms. The number of amides is 2. The molecule has 0 spiro atoms. The lowest BCUT2D eigenvalue weighted by atomic mass is 9.97. The minimum atomic E-state index is -4.24. The van der Waals surface area contributed by atoms with Crippen molar-refractivity contribution in [3.63, 3.8) is 0 Å². The SMILES string of the molecule is COc1ccc(F)cc1CC1CNC(=O)CN(S(=O)(=O)c2ccc(Cl)s2)C1=O. The topological polar surface area (TPSA) is 92.8 Å². The summed E-state index contributed by atoms with van der Waals surface area (Å²) in [5, 5.41) is 2.53. The molecule has 1 N–H and O–H groups in total. The number of methoxy groups -OCH3 is 1. The number of sulfonamides is 1. The van der Waals surface area contributed by atoms with E-state index < -0.39 is 40.1 Å². The second kappa shape index (κ2) is 8.06. The zero-order chi connectivity index (χ0) is 20.5. The lowest BCUT2D eigenvalue weighted by Crippen LogP contribution is -2.42. The van der Waals surface area contributed by atoms with Crippen molar-refractivity contribution < 1.29 is 27.1 Å². The molecule has 0 radical (unpaired) electrons. The summed E-state index contributed by atoms with van der Waals surface area (Å²) in [7, 11) is -2.84. The second-order valence-electron chi connectivity index (χ2n) is 6.07. The molecule has 1 saturated heterocycles. The van der Waals surface area contributed by atoms with Crippen molar-refractivity contribution in [1.82, 2.24) is 9.62 Å². The van der Waals surface area contributed by atoms with E-state index in [0.717, 1.165) is 11.3 Å². The van der Waals surface area contributed by atoms with Crippen LogP contribution in [0.2, 0.25) is 4.34 Å². The van der Waals surface area contributed by atoms with Gasteiger partial charge in [0.2, 0.25) is 11.8 Å². The maximum absolute atomic E-state index is 13.6. The van der Waals surface area contributed by atoms with Gasteiger partial charge in [0.05, 0.1) is 17.4 Å². The molecule has 0 aliphatic carbocycles. The molecular weight excluding hydrogens is 431 g/mol. The van der Waals surface area contributed by atoms with Gasteiger partial charge >= 0.3 is 0 Å². The van der Waals surface area contributed by atoms with Crippen LogP contribution in [0.1, 0.15) is 5.56 Å². The van der Waals surface area contributed by atoms with Crippen LogP contribution in [0.5, 0.6) is 5.75 Å². The third kappa shape index (κ3) is 4.13. The van der Waals surface area contributed by atoms with Gasteiger partial charge in [-0.05, 0) is 42.3 Å². The van der Waals surface area contributed by atoms with E-state index in [1.54, 1.807) is 0 Å². The Morgan fingerprint density at radius 1 is 1.32 bits per heavy atom. The van der Waals surface area contributed by atoms with Crippen LogP contribution in [0.15, 0.2) is 34.5 Å². The van der Waals surface area contributed by atoms with E-state index in [9.17, 15) is 22.4 Å². The molecule has 1 aliphatic heterocycles. The minimum absolute atomic E-state index is 0.00271. The van der Waals surface area contributed by atoms with Gasteiger partial charge in [-0.25, -0.2) is 17.1 Å². The Kier molecular flexibility index (Phi) is 5.92. The standard InChI is InChI=1S/C17H16ClFN2O5S2/c1-26-13-3-2-12(19)7-10(13)6-11-8-20-15(22)9-21(17(11)23)28(24,25)16-5-4-14(18)27-16/h2-5,7,11H,6,8-9H2,1H3,(H,20,22). The summed E-state index contributed by atoms with van der Waals surface area (Å²) in [4.78, 5) is 25.0. The van der Waals surface area contributed by atoms with E-state index in [4.69, 9.17) is 16.3 Å². The van der Waals surface area contributed by atoms with Crippen LogP contribution in [0.25, 0.3) is 0 Å². The van der Waals surface area contributed by atoms with Gasteiger partial charge in [0.25, 0.3) is 10.0 Å². The molecule has 1 fully saturated rings. The number of ether oxygens (including phenoxy) is 1. The highest BCUT2D eigenvalue weighted by Crippen LogP contribution is 2.30. The average molecular weight is 447 g/mol. The third-order valence-electron chi connectivity index (χ3n) is 4.23. The van der Waals surface area contributed by atoms with E-state index in [-0.39, 0.29) is 21.5 Å². The maximum atomic E-state index is 13.6. The molecule has 1 aromatic carbocycles. The fraction of sp³-hybridized carbons (Fsp3) is 0.294. The van der Waals surface area contributed by atoms with Gasteiger partial charge in [0.1, 0.15) is 22.3 Å². The number of hydrogen-bond acceptors (Lipinski definition) is 6. The van der Waals surface area contributed by atoms with Crippen LogP contribution < -0.4 is 10.1 Å². The van der Waals surface area contributed by atoms with Gasteiger partial charge in [0.15, 0.2) is 0 Å². The number of hydrogen-bond donors (Lipinski definition) is 1. The molecule has 0 saturated carbocycles. The van der Waals surface area contributed by atoms with Crippen molar-refractivity contribution in [2.24, 2.45) is 5.92 Å².